The Morgan fingerprint density at radius 3 is 2.73 bits per heavy atom. The summed E-state index contributed by atoms with van der Waals surface area (Å²) >= 11 is 0. The van der Waals surface area contributed by atoms with Crippen molar-refractivity contribution in [2.24, 2.45) is 12.8 Å². The van der Waals surface area contributed by atoms with Gasteiger partial charge in [-0.1, -0.05) is 6.07 Å². The Labute approximate surface area is 187 Å². The third-order valence-corrected chi connectivity index (χ3v) is 5.02. The second-order valence-corrected chi connectivity index (χ2v) is 7.25. The van der Waals surface area contributed by atoms with E-state index in [2.05, 4.69) is 10.3 Å². The van der Waals surface area contributed by atoms with Crippen LogP contribution in [0.3, 0.4) is 0 Å². The Hall–Kier alpha value is -3.99. The first kappa shape index (κ1) is 23.7. The molecule has 174 valence electrons. The lowest BCUT2D eigenvalue weighted by Crippen LogP contribution is -2.34. The quantitative estimate of drug-likeness (QED) is 0.432. The minimum absolute atomic E-state index is 0.0779. The molecule has 0 saturated carbocycles. The molecule has 0 spiro atoms. The fraction of sp³-hybridized carbons (Fsp3) is 0.273. The molecular formula is C22H23FN4O6. The molecule has 2 aromatic heterocycles. The molecule has 0 bridgehead atoms. The van der Waals surface area contributed by atoms with Crippen molar-refractivity contribution in [1.82, 2.24) is 14.9 Å². The van der Waals surface area contributed by atoms with Gasteiger partial charge in [0.25, 0.3) is 11.5 Å². The van der Waals surface area contributed by atoms with Gasteiger partial charge in [-0.25, -0.2) is 9.18 Å². The van der Waals surface area contributed by atoms with Crippen LogP contribution in [0.2, 0.25) is 0 Å². The van der Waals surface area contributed by atoms with Crippen LogP contribution in [0.15, 0.2) is 35.3 Å². The highest BCUT2D eigenvalue weighted by Crippen LogP contribution is 2.26. The highest BCUT2D eigenvalue weighted by atomic mass is 19.1. The van der Waals surface area contributed by atoms with Gasteiger partial charge in [-0.15, -0.1) is 0 Å². The first-order valence-corrected chi connectivity index (χ1v) is 9.90. The zero-order chi connectivity index (χ0) is 24.1. The summed E-state index contributed by atoms with van der Waals surface area (Å²) in [6.45, 7) is 0.212. The summed E-state index contributed by atoms with van der Waals surface area (Å²) in [5.74, 6) is -1.75. The van der Waals surface area contributed by atoms with Gasteiger partial charge in [0.2, 0.25) is 0 Å². The van der Waals surface area contributed by atoms with E-state index in [1.807, 2.05) is 0 Å². The molecule has 4 N–H and O–H groups in total. The van der Waals surface area contributed by atoms with Crippen LogP contribution in [-0.4, -0.2) is 46.9 Å². The maximum Gasteiger partial charge on any atom is 0.404 e. The van der Waals surface area contributed by atoms with Gasteiger partial charge >= 0.3 is 6.09 Å². The number of carbonyl (C=O) groups excluding carboxylic acids is 2. The monoisotopic (exact) mass is 458 g/mol. The lowest BCUT2D eigenvalue weighted by molar-refractivity contribution is 0.0932. The van der Waals surface area contributed by atoms with Crippen molar-refractivity contribution < 1.29 is 28.6 Å². The average molecular weight is 458 g/mol. The normalized spacial score (nSPS) is 10.9. The Kier molecular flexibility index (Phi) is 7.23. The second kappa shape index (κ2) is 10.1. The van der Waals surface area contributed by atoms with Crippen LogP contribution in [0.4, 0.5) is 9.18 Å². The Bertz CT molecular complexity index is 1270. The Balaban J connectivity index is 1.98. The van der Waals surface area contributed by atoms with E-state index < -0.39 is 34.7 Å². The third kappa shape index (κ3) is 5.26. The predicted octanol–water partition coefficient (Wildman–Crippen LogP) is 1.34. The van der Waals surface area contributed by atoms with Crippen LogP contribution < -0.4 is 16.6 Å². The average Bonchev–Trinajstić information content (AvgIpc) is 2.78. The number of aryl methyl sites for hydroxylation is 1. The molecule has 0 saturated heterocycles. The molecule has 2 heterocycles. The number of hydrogen-bond donors (Lipinski definition) is 3. The van der Waals surface area contributed by atoms with Crippen LogP contribution in [0.1, 0.15) is 27.0 Å². The molecule has 0 radical (unpaired) electrons. The molecule has 2 amide bonds. The molecule has 11 heteroatoms. The molecule has 3 aromatic rings. The first-order valence-electron chi connectivity index (χ1n) is 9.90. The smallest absolute Gasteiger partial charge is 0.404 e. The van der Waals surface area contributed by atoms with Gasteiger partial charge in [-0.05, 0) is 41.3 Å². The number of amides is 2. The Morgan fingerprint density at radius 1 is 1.27 bits per heavy atom. The van der Waals surface area contributed by atoms with Crippen molar-refractivity contribution in [3.63, 3.8) is 0 Å². The predicted molar refractivity (Wildman–Crippen MR) is 116 cm³/mol. The molecular weight excluding hydrogens is 435 g/mol. The molecule has 0 fully saturated rings. The first-order chi connectivity index (χ1) is 15.7. The second-order valence-electron chi connectivity index (χ2n) is 7.25. The zero-order valence-corrected chi connectivity index (χ0v) is 18.1. The van der Waals surface area contributed by atoms with Gasteiger partial charge in [0, 0.05) is 26.9 Å². The van der Waals surface area contributed by atoms with E-state index in [1.54, 1.807) is 12.1 Å². The number of benzene rings is 1. The number of hydrogen-bond acceptors (Lipinski definition) is 7. The summed E-state index contributed by atoms with van der Waals surface area (Å²) in [5, 5.41) is 13.1. The number of primary amides is 1. The van der Waals surface area contributed by atoms with Gasteiger partial charge in [-0.3, -0.25) is 14.6 Å². The van der Waals surface area contributed by atoms with Crippen LogP contribution in [0, 0.1) is 5.82 Å². The number of nitrogens with one attached hydrogen (secondary N) is 1. The fourth-order valence-electron chi connectivity index (χ4n) is 3.36. The van der Waals surface area contributed by atoms with Crippen molar-refractivity contribution in [2.75, 3.05) is 20.3 Å². The standard InChI is InChI=1S/C22H23FN4O6/c1-27-16-8-12(7-13-3-4-15(23)9-14(13)11-33-22(24)31)10-26-18(16)19(28)17(21(27)30)20(29)25-5-6-32-2/h3-4,8-10,28H,5-7,11H2,1-2H3,(H2,24,31)(H,25,29). The molecule has 0 unspecified atom stereocenters. The number of methoxy groups -OCH3 is 1. The Morgan fingerprint density at radius 2 is 2.03 bits per heavy atom. The number of pyridine rings is 2. The van der Waals surface area contributed by atoms with E-state index in [0.29, 0.717) is 22.2 Å². The van der Waals surface area contributed by atoms with Gasteiger partial charge in [0.1, 0.15) is 23.5 Å². The number of ether oxygens (including phenoxy) is 2. The lowest BCUT2D eigenvalue weighted by atomic mass is 10.0. The minimum atomic E-state index is -0.981. The van der Waals surface area contributed by atoms with Crippen LogP contribution in [-0.2, 0) is 29.5 Å². The van der Waals surface area contributed by atoms with Crippen molar-refractivity contribution in [3.8, 4) is 5.75 Å². The third-order valence-electron chi connectivity index (χ3n) is 5.02. The highest BCUT2D eigenvalue weighted by molar-refractivity contribution is 6.01. The molecule has 10 nitrogen and oxygen atoms in total. The summed E-state index contributed by atoms with van der Waals surface area (Å²) in [6, 6.07) is 5.69. The number of rotatable bonds is 8. The van der Waals surface area contributed by atoms with E-state index in [4.69, 9.17) is 15.2 Å². The van der Waals surface area contributed by atoms with Gasteiger partial charge in [0.05, 0.1) is 12.1 Å². The van der Waals surface area contributed by atoms with E-state index in [-0.39, 0.29) is 31.7 Å². The number of halogens is 1. The van der Waals surface area contributed by atoms with Gasteiger partial charge in [0.15, 0.2) is 5.75 Å². The van der Waals surface area contributed by atoms with Crippen molar-refractivity contribution in [1.29, 1.82) is 0 Å². The number of fused-ring (bicyclic) bond motifs is 1. The molecule has 1 aromatic carbocycles. The largest absolute Gasteiger partial charge is 0.505 e. The minimum Gasteiger partial charge on any atom is -0.505 e. The van der Waals surface area contributed by atoms with E-state index >= 15 is 0 Å². The van der Waals surface area contributed by atoms with Crippen LogP contribution in [0.5, 0.6) is 5.75 Å². The molecule has 0 aliphatic heterocycles. The summed E-state index contributed by atoms with van der Waals surface area (Å²) < 4.78 is 24.5. The van der Waals surface area contributed by atoms with Crippen molar-refractivity contribution >= 4 is 23.0 Å². The van der Waals surface area contributed by atoms with Gasteiger partial charge < -0.3 is 30.2 Å². The summed E-state index contributed by atoms with van der Waals surface area (Å²) in [4.78, 5) is 40.3. The molecule has 33 heavy (non-hydrogen) atoms. The molecule has 3 rings (SSSR count). The zero-order valence-electron chi connectivity index (χ0n) is 18.1. The summed E-state index contributed by atoms with van der Waals surface area (Å²) in [7, 11) is 2.94. The number of aromatic nitrogens is 2. The molecule has 0 aliphatic carbocycles. The number of carbonyl (C=O) groups is 2. The van der Waals surface area contributed by atoms with Crippen molar-refractivity contribution in [2.45, 2.75) is 13.0 Å². The molecule has 0 atom stereocenters. The van der Waals surface area contributed by atoms with Crippen LogP contribution in [0.25, 0.3) is 11.0 Å². The summed E-state index contributed by atoms with van der Waals surface area (Å²) in [5.41, 5.74) is 6.00. The summed E-state index contributed by atoms with van der Waals surface area (Å²) in [6.07, 6.45) is 0.765. The lowest BCUT2D eigenvalue weighted by Gasteiger charge is -2.13. The van der Waals surface area contributed by atoms with Gasteiger partial charge in [-0.2, -0.15) is 0 Å². The number of nitrogens with zero attached hydrogens (tertiary/aromatic N) is 2. The SMILES string of the molecule is COCCNC(=O)c1c(O)c2ncc(Cc3ccc(F)cc3COC(N)=O)cc2n(C)c1=O. The van der Waals surface area contributed by atoms with E-state index in [1.165, 1.54) is 37.1 Å². The van der Waals surface area contributed by atoms with Crippen LogP contribution >= 0.6 is 0 Å². The number of nitrogens with two attached hydrogens (primary N) is 1. The van der Waals surface area contributed by atoms with Crippen molar-refractivity contribution in [3.05, 3.63) is 68.9 Å². The fourth-order valence-corrected chi connectivity index (χ4v) is 3.36. The number of aromatic hydroxyl groups is 1. The van der Waals surface area contributed by atoms with E-state index in [9.17, 15) is 23.9 Å². The highest BCUT2D eigenvalue weighted by Gasteiger charge is 2.22. The topological polar surface area (TPSA) is 146 Å². The molecule has 0 aliphatic rings. The maximum atomic E-state index is 13.7. The van der Waals surface area contributed by atoms with E-state index in [0.717, 1.165) is 0 Å². The maximum absolute atomic E-state index is 13.7.